The van der Waals surface area contributed by atoms with Crippen molar-refractivity contribution in [1.82, 2.24) is 5.32 Å². The van der Waals surface area contributed by atoms with Crippen LogP contribution in [0.15, 0.2) is 28.7 Å². The summed E-state index contributed by atoms with van der Waals surface area (Å²) in [6.45, 7) is 11.2. The minimum atomic E-state index is 0.174. The molecular formula is C15H23BrN2. The Morgan fingerprint density at radius 3 is 2.72 bits per heavy atom. The first-order valence-corrected chi connectivity index (χ1v) is 7.45. The number of anilines is 1. The average molecular weight is 311 g/mol. The van der Waals surface area contributed by atoms with E-state index in [9.17, 15) is 0 Å². The highest BCUT2D eigenvalue weighted by molar-refractivity contribution is 9.10. The van der Waals surface area contributed by atoms with Crippen molar-refractivity contribution in [3.8, 4) is 0 Å². The van der Waals surface area contributed by atoms with Crippen LogP contribution in [0, 0.1) is 5.92 Å². The quantitative estimate of drug-likeness (QED) is 0.896. The second-order valence-corrected chi connectivity index (χ2v) is 7.10. The van der Waals surface area contributed by atoms with E-state index in [1.165, 1.54) is 5.69 Å². The predicted octanol–water partition coefficient (Wildman–Crippen LogP) is 3.66. The van der Waals surface area contributed by atoms with Crippen LogP contribution in [-0.2, 0) is 0 Å². The Morgan fingerprint density at radius 2 is 2.11 bits per heavy atom. The van der Waals surface area contributed by atoms with Crippen molar-refractivity contribution >= 4 is 21.6 Å². The number of nitrogens with zero attached hydrogens (tertiary/aromatic N) is 1. The number of halogens is 1. The molecule has 1 N–H and O–H groups in total. The molecule has 3 heteroatoms. The van der Waals surface area contributed by atoms with Crippen molar-refractivity contribution in [2.24, 2.45) is 5.92 Å². The van der Waals surface area contributed by atoms with E-state index in [0.717, 1.165) is 17.6 Å². The number of piperazine rings is 1. The molecule has 0 aromatic heterocycles. The maximum Gasteiger partial charge on any atom is 0.0438 e. The van der Waals surface area contributed by atoms with Crippen molar-refractivity contribution in [2.75, 3.05) is 18.0 Å². The summed E-state index contributed by atoms with van der Waals surface area (Å²) in [4.78, 5) is 2.55. The lowest BCUT2D eigenvalue weighted by atomic mass is 9.92. The molecule has 100 valence electrons. The fourth-order valence-corrected chi connectivity index (χ4v) is 3.01. The molecule has 0 amide bonds. The van der Waals surface area contributed by atoms with Gasteiger partial charge in [-0.15, -0.1) is 0 Å². The largest absolute Gasteiger partial charge is 0.365 e. The molecule has 1 fully saturated rings. The molecule has 1 atom stereocenters. The molecule has 2 nitrogen and oxygen atoms in total. The Bertz CT molecular complexity index is 415. The van der Waals surface area contributed by atoms with Gasteiger partial charge in [-0.1, -0.05) is 35.8 Å². The summed E-state index contributed by atoms with van der Waals surface area (Å²) in [5.74, 6) is 0.646. The maximum atomic E-state index is 3.65. The van der Waals surface area contributed by atoms with Gasteiger partial charge in [0, 0.05) is 34.8 Å². The molecular weight excluding hydrogens is 288 g/mol. The van der Waals surface area contributed by atoms with Gasteiger partial charge in [0.2, 0.25) is 0 Å². The van der Waals surface area contributed by atoms with Crippen LogP contribution in [0.2, 0.25) is 0 Å². The molecule has 1 heterocycles. The molecule has 1 aromatic rings. The first-order chi connectivity index (χ1) is 8.39. The highest BCUT2D eigenvalue weighted by Crippen LogP contribution is 2.28. The Labute approximate surface area is 119 Å². The third-order valence-electron chi connectivity index (χ3n) is 3.67. The van der Waals surface area contributed by atoms with Crippen LogP contribution < -0.4 is 10.2 Å². The van der Waals surface area contributed by atoms with Crippen LogP contribution in [0.4, 0.5) is 5.69 Å². The summed E-state index contributed by atoms with van der Waals surface area (Å²) < 4.78 is 1.15. The van der Waals surface area contributed by atoms with Gasteiger partial charge < -0.3 is 10.2 Å². The van der Waals surface area contributed by atoms with E-state index >= 15 is 0 Å². The SMILES string of the molecule is CC(C)C1CNC(C)(C)CN1c1cccc(Br)c1. The summed E-state index contributed by atoms with van der Waals surface area (Å²) in [6, 6.07) is 9.19. The van der Waals surface area contributed by atoms with E-state index in [0.29, 0.717) is 12.0 Å². The number of rotatable bonds is 2. The van der Waals surface area contributed by atoms with E-state index < -0.39 is 0 Å². The first-order valence-electron chi connectivity index (χ1n) is 6.66. The molecule has 0 bridgehead atoms. The molecule has 0 spiro atoms. The number of hydrogen-bond acceptors (Lipinski definition) is 2. The number of hydrogen-bond donors (Lipinski definition) is 1. The summed E-state index contributed by atoms with van der Waals surface area (Å²) in [6.07, 6.45) is 0. The topological polar surface area (TPSA) is 15.3 Å². The molecule has 1 aliphatic heterocycles. The Hall–Kier alpha value is -0.540. The first kappa shape index (κ1) is 13.9. The summed E-state index contributed by atoms with van der Waals surface area (Å²) in [5.41, 5.74) is 1.49. The van der Waals surface area contributed by atoms with Gasteiger partial charge in [0.15, 0.2) is 0 Å². The van der Waals surface area contributed by atoms with Crippen LogP contribution in [0.1, 0.15) is 27.7 Å². The highest BCUT2D eigenvalue weighted by atomic mass is 79.9. The Balaban J connectivity index is 2.30. The Kier molecular flexibility index (Phi) is 4.02. The Morgan fingerprint density at radius 1 is 1.39 bits per heavy atom. The minimum absolute atomic E-state index is 0.174. The third-order valence-corrected chi connectivity index (χ3v) is 4.16. The van der Waals surface area contributed by atoms with E-state index in [4.69, 9.17) is 0 Å². The van der Waals surface area contributed by atoms with Gasteiger partial charge in [0.1, 0.15) is 0 Å². The van der Waals surface area contributed by atoms with Crippen LogP contribution in [0.25, 0.3) is 0 Å². The lowest BCUT2D eigenvalue weighted by Crippen LogP contribution is -2.63. The smallest absolute Gasteiger partial charge is 0.0438 e. The zero-order valence-corrected chi connectivity index (χ0v) is 13.3. The fourth-order valence-electron chi connectivity index (χ4n) is 2.62. The molecule has 1 unspecified atom stereocenters. The van der Waals surface area contributed by atoms with Gasteiger partial charge in [0.25, 0.3) is 0 Å². The molecule has 1 aliphatic rings. The summed E-state index contributed by atoms with van der Waals surface area (Å²) in [7, 11) is 0. The van der Waals surface area contributed by atoms with Crippen molar-refractivity contribution < 1.29 is 0 Å². The van der Waals surface area contributed by atoms with Crippen LogP contribution in [0.5, 0.6) is 0 Å². The molecule has 0 aliphatic carbocycles. The minimum Gasteiger partial charge on any atom is -0.365 e. The second kappa shape index (κ2) is 5.22. The van der Waals surface area contributed by atoms with E-state index in [1.54, 1.807) is 0 Å². The van der Waals surface area contributed by atoms with Crippen molar-refractivity contribution in [1.29, 1.82) is 0 Å². The maximum absolute atomic E-state index is 3.65. The van der Waals surface area contributed by atoms with Gasteiger partial charge in [-0.3, -0.25) is 0 Å². The third kappa shape index (κ3) is 3.07. The average Bonchev–Trinajstić information content (AvgIpc) is 2.27. The molecule has 2 rings (SSSR count). The normalized spacial score (nSPS) is 23.4. The van der Waals surface area contributed by atoms with E-state index in [1.807, 2.05) is 0 Å². The zero-order chi connectivity index (χ0) is 13.3. The highest BCUT2D eigenvalue weighted by Gasteiger charge is 2.33. The monoisotopic (exact) mass is 310 g/mol. The van der Waals surface area contributed by atoms with Crippen molar-refractivity contribution in [3.63, 3.8) is 0 Å². The lowest BCUT2D eigenvalue weighted by molar-refractivity contribution is 0.277. The molecule has 1 aromatic carbocycles. The standard InChI is InChI=1S/C15H23BrN2/c1-11(2)14-9-17-15(3,4)10-18(14)13-7-5-6-12(16)8-13/h5-8,11,14,17H,9-10H2,1-4H3. The van der Waals surface area contributed by atoms with Gasteiger partial charge >= 0.3 is 0 Å². The number of benzene rings is 1. The zero-order valence-electron chi connectivity index (χ0n) is 11.7. The molecule has 18 heavy (non-hydrogen) atoms. The van der Waals surface area contributed by atoms with E-state index in [2.05, 4.69) is 78.1 Å². The summed E-state index contributed by atoms with van der Waals surface area (Å²) >= 11 is 3.57. The fraction of sp³-hybridized carbons (Fsp3) is 0.600. The summed E-state index contributed by atoms with van der Waals surface area (Å²) in [5, 5.41) is 3.65. The van der Waals surface area contributed by atoms with E-state index in [-0.39, 0.29) is 5.54 Å². The van der Waals surface area contributed by atoms with Gasteiger partial charge in [-0.2, -0.15) is 0 Å². The molecule has 0 saturated carbocycles. The number of nitrogens with one attached hydrogen (secondary N) is 1. The molecule has 0 radical (unpaired) electrons. The van der Waals surface area contributed by atoms with Crippen LogP contribution in [0.3, 0.4) is 0 Å². The van der Waals surface area contributed by atoms with Gasteiger partial charge in [-0.05, 0) is 38.0 Å². The van der Waals surface area contributed by atoms with Crippen LogP contribution >= 0.6 is 15.9 Å². The van der Waals surface area contributed by atoms with Crippen molar-refractivity contribution in [3.05, 3.63) is 28.7 Å². The van der Waals surface area contributed by atoms with Crippen LogP contribution in [-0.4, -0.2) is 24.7 Å². The van der Waals surface area contributed by atoms with Crippen molar-refractivity contribution in [2.45, 2.75) is 39.3 Å². The lowest BCUT2D eigenvalue weighted by Gasteiger charge is -2.47. The van der Waals surface area contributed by atoms with Gasteiger partial charge in [-0.25, -0.2) is 0 Å². The molecule has 1 saturated heterocycles. The second-order valence-electron chi connectivity index (χ2n) is 6.18. The predicted molar refractivity (Wildman–Crippen MR) is 82.2 cm³/mol. The van der Waals surface area contributed by atoms with Gasteiger partial charge in [0.05, 0.1) is 0 Å².